The van der Waals surface area contributed by atoms with Gasteiger partial charge in [-0.25, -0.2) is 4.98 Å². The summed E-state index contributed by atoms with van der Waals surface area (Å²) in [5.41, 5.74) is 3.25. The van der Waals surface area contributed by atoms with Crippen LogP contribution in [-0.4, -0.2) is 19.7 Å². The van der Waals surface area contributed by atoms with Crippen molar-refractivity contribution in [2.24, 2.45) is 0 Å². The maximum absolute atomic E-state index is 6.04. The summed E-state index contributed by atoms with van der Waals surface area (Å²) in [6.45, 7) is 6.32. The first-order valence-electron chi connectivity index (χ1n) is 7.72. The average molecular weight is 341 g/mol. The molecule has 0 atom stereocenters. The summed E-state index contributed by atoms with van der Waals surface area (Å²) in [7, 11) is 0. The Balaban J connectivity index is 1.88. The molecule has 6 heteroatoms. The fourth-order valence-electron chi connectivity index (χ4n) is 2.71. The summed E-state index contributed by atoms with van der Waals surface area (Å²) >= 11 is 6.04. The molecule has 5 nitrogen and oxygen atoms in total. The van der Waals surface area contributed by atoms with Crippen molar-refractivity contribution in [3.05, 3.63) is 47.7 Å². The van der Waals surface area contributed by atoms with E-state index >= 15 is 0 Å². The van der Waals surface area contributed by atoms with Crippen molar-refractivity contribution < 1.29 is 4.42 Å². The van der Waals surface area contributed by atoms with E-state index in [0.29, 0.717) is 10.8 Å². The SMILES string of the molecule is CC(C)(C)n1nc(-c2nc3cc(Cl)ccc3[nH]2)cc1-c1ccco1. The number of furan rings is 1. The smallest absolute Gasteiger partial charge is 0.159 e. The summed E-state index contributed by atoms with van der Waals surface area (Å²) in [5, 5.41) is 5.42. The predicted octanol–water partition coefficient (Wildman–Crippen LogP) is 5.09. The molecule has 0 saturated carbocycles. The van der Waals surface area contributed by atoms with Crippen molar-refractivity contribution in [1.29, 1.82) is 0 Å². The third-order valence-electron chi connectivity index (χ3n) is 3.81. The monoisotopic (exact) mass is 340 g/mol. The van der Waals surface area contributed by atoms with Gasteiger partial charge in [-0.15, -0.1) is 0 Å². The van der Waals surface area contributed by atoms with Crippen molar-refractivity contribution in [1.82, 2.24) is 19.7 Å². The lowest BCUT2D eigenvalue weighted by Crippen LogP contribution is -2.24. The molecule has 4 aromatic rings. The fourth-order valence-corrected chi connectivity index (χ4v) is 2.87. The van der Waals surface area contributed by atoms with Gasteiger partial charge >= 0.3 is 0 Å². The minimum Gasteiger partial charge on any atom is -0.463 e. The molecule has 1 N–H and O–H groups in total. The highest BCUT2D eigenvalue weighted by Crippen LogP contribution is 2.31. The van der Waals surface area contributed by atoms with Crippen LogP contribution < -0.4 is 0 Å². The Morgan fingerprint density at radius 2 is 2.00 bits per heavy atom. The molecule has 3 aromatic heterocycles. The van der Waals surface area contributed by atoms with Gasteiger partial charge < -0.3 is 9.40 Å². The average Bonchev–Trinajstić information content (AvgIpc) is 3.23. The summed E-state index contributed by atoms with van der Waals surface area (Å²) in [4.78, 5) is 7.92. The zero-order valence-corrected chi connectivity index (χ0v) is 14.4. The molecule has 0 bridgehead atoms. The molecule has 0 unspecified atom stereocenters. The second-order valence-corrected chi connectivity index (χ2v) is 7.16. The van der Waals surface area contributed by atoms with E-state index in [1.807, 2.05) is 41.1 Å². The maximum Gasteiger partial charge on any atom is 0.159 e. The standard InChI is InChI=1S/C18H17ClN4O/c1-18(2,3)23-15(16-5-4-8-24-16)10-14(22-23)17-20-12-7-6-11(19)9-13(12)21-17/h4-10H,1-3H3,(H,20,21). The van der Waals surface area contributed by atoms with Crippen molar-refractivity contribution in [2.75, 3.05) is 0 Å². The number of hydrogen-bond donors (Lipinski definition) is 1. The fraction of sp³-hybridized carbons (Fsp3) is 0.222. The van der Waals surface area contributed by atoms with E-state index in [-0.39, 0.29) is 5.54 Å². The quantitative estimate of drug-likeness (QED) is 0.552. The molecule has 0 spiro atoms. The number of H-pyrrole nitrogens is 1. The number of benzene rings is 1. The number of aromatic nitrogens is 4. The maximum atomic E-state index is 6.04. The third kappa shape index (κ3) is 2.51. The molecule has 0 aliphatic rings. The second kappa shape index (κ2) is 5.24. The Morgan fingerprint density at radius 3 is 2.71 bits per heavy atom. The molecule has 0 aliphatic heterocycles. The Morgan fingerprint density at radius 1 is 1.17 bits per heavy atom. The van der Waals surface area contributed by atoms with Crippen molar-refractivity contribution in [3.8, 4) is 23.0 Å². The summed E-state index contributed by atoms with van der Waals surface area (Å²) < 4.78 is 7.53. The first-order chi connectivity index (χ1) is 11.4. The van der Waals surface area contributed by atoms with E-state index in [1.165, 1.54) is 0 Å². The molecule has 24 heavy (non-hydrogen) atoms. The van der Waals surface area contributed by atoms with E-state index in [4.69, 9.17) is 21.1 Å². The van der Waals surface area contributed by atoms with Crippen LogP contribution in [-0.2, 0) is 5.54 Å². The lowest BCUT2D eigenvalue weighted by Gasteiger charge is -2.21. The van der Waals surface area contributed by atoms with Crippen LogP contribution in [0.2, 0.25) is 5.02 Å². The van der Waals surface area contributed by atoms with Crippen LogP contribution in [0.5, 0.6) is 0 Å². The lowest BCUT2D eigenvalue weighted by molar-refractivity contribution is 0.357. The largest absolute Gasteiger partial charge is 0.463 e. The van der Waals surface area contributed by atoms with Gasteiger partial charge in [0.15, 0.2) is 11.6 Å². The van der Waals surface area contributed by atoms with Gasteiger partial charge in [0, 0.05) is 5.02 Å². The molecular formula is C18H17ClN4O. The summed E-state index contributed by atoms with van der Waals surface area (Å²) in [6, 6.07) is 11.4. The number of hydrogen-bond acceptors (Lipinski definition) is 3. The van der Waals surface area contributed by atoms with Crippen LogP contribution >= 0.6 is 11.6 Å². The number of halogens is 1. The van der Waals surface area contributed by atoms with Crippen molar-refractivity contribution in [3.63, 3.8) is 0 Å². The Hall–Kier alpha value is -2.53. The van der Waals surface area contributed by atoms with Crippen LogP contribution in [0.25, 0.3) is 34.0 Å². The van der Waals surface area contributed by atoms with E-state index in [2.05, 4.69) is 30.7 Å². The number of nitrogens with one attached hydrogen (secondary N) is 1. The Kier molecular flexibility index (Phi) is 3.28. The first-order valence-corrected chi connectivity index (χ1v) is 8.10. The van der Waals surface area contributed by atoms with Gasteiger partial charge in [-0.2, -0.15) is 5.10 Å². The lowest BCUT2D eigenvalue weighted by atomic mass is 10.1. The van der Waals surface area contributed by atoms with Gasteiger partial charge in [0.2, 0.25) is 0 Å². The van der Waals surface area contributed by atoms with Gasteiger partial charge in [-0.1, -0.05) is 11.6 Å². The second-order valence-electron chi connectivity index (χ2n) is 6.72. The van der Waals surface area contributed by atoms with Crippen LogP contribution in [0, 0.1) is 0 Å². The van der Waals surface area contributed by atoms with Crippen LogP contribution in [0.4, 0.5) is 0 Å². The highest BCUT2D eigenvalue weighted by atomic mass is 35.5. The summed E-state index contributed by atoms with van der Waals surface area (Å²) in [5.74, 6) is 1.49. The minimum absolute atomic E-state index is 0.185. The first kappa shape index (κ1) is 15.0. The van der Waals surface area contributed by atoms with E-state index in [9.17, 15) is 0 Å². The topological polar surface area (TPSA) is 59.6 Å². The van der Waals surface area contributed by atoms with E-state index in [1.54, 1.807) is 6.26 Å². The molecule has 4 rings (SSSR count). The van der Waals surface area contributed by atoms with Gasteiger partial charge in [-0.05, 0) is 57.2 Å². The molecule has 0 amide bonds. The van der Waals surface area contributed by atoms with Crippen molar-refractivity contribution >= 4 is 22.6 Å². The van der Waals surface area contributed by atoms with Crippen LogP contribution in [0.15, 0.2) is 47.1 Å². The van der Waals surface area contributed by atoms with E-state index < -0.39 is 0 Å². The molecule has 0 aliphatic carbocycles. The van der Waals surface area contributed by atoms with Gasteiger partial charge in [0.05, 0.1) is 22.8 Å². The number of nitrogens with zero attached hydrogens (tertiary/aromatic N) is 3. The van der Waals surface area contributed by atoms with Gasteiger partial charge in [0.1, 0.15) is 11.4 Å². The number of rotatable bonds is 2. The van der Waals surface area contributed by atoms with Gasteiger partial charge in [-0.3, -0.25) is 4.68 Å². The highest BCUT2D eigenvalue weighted by Gasteiger charge is 2.23. The van der Waals surface area contributed by atoms with Crippen molar-refractivity contribution in [2.45, 2.75) is 26.3 Å². The van der Waals surface area contributed by atoms with Gasteiger partial charge in [0.25, 0.3) is 0 Å². The molecule has 0 fully saturated rings. The predicted molar refractivity (Wildman–Crippen MR) is 95.0 cm³/mol. The third-order valence-corrected chi connectivity index (χ3v) is 4.04. The highest BCUT2D eigenvalue weighted by molar-refractivity contribution is 6.31. The molecule has 3 heterocycles. The molecule has 122 valence electrons. The number of imidazole rings is 1. The zero-order valence-electron chi connectivity index (χ0n) is 13.7. The van der Waals surface area contributed by atoms with Crippen LogP contribution in [0.3, 0.4) is 0 Å². The van der Waals surface area contributed by atoms with E-state index in [0.717, 1.165) is 28.2 Å². The molecule has 0 radical (unpaired) electrons. The Labute approximate surface area is 144 Å². The summed E-state index contributed by atoms with van der Waals surface area (Å²) in [6.07, 6.45) is 1.66. The molecule has 0 saturated heterocycles. The molecular weight excluding hydrogens is 324 g/mol. The normalized spacial score (nSPS) is 12.2. The zero-order chi connectivity index (χ0) is 16.9. The number of aromatic amines is 1. The molecule has 1 aromatic carbocycles. The number of fused-ring (bicyclic) bond motifs is 1. The van der Waals surface area contributed by atoms with Crippen LogP contribution in [0.1, 0.15) is 20.8 Å². The Bertz CT molecular complexity index is 1010. The minimum atomic E-state index is -0.185.